The highest BCUT2D eigenvalue weighted by molar-refractivity contribution is 5.38. The molecule has 0 spiro atoms. The molecule has 1 atom stereocenters. The standard InChI is InChI=1S/C24H29F5N2.C2H6.C2H2/c1-4-6-19(24(27,28)29)15-18(21(26)5-2)9-12-23-22(13-14-31(23)3)30-16-17-7-10-20(25)11-8-17;2*1-2/h5-8,10-12,15,22,30H,4,9,13-14,16H2,1-3H3;1-2H3;1-2H/b18-15-,19-6-,21-5+,23-12-;;. The number of terminal acetylenes is 1. The molecule has 1 fully saturated rings. The lowest BCUT2D eigenvalue weighted by molar-refractivity contribution is -0.0884. The molecule has 0 bridgehead atoms. The molecular weight excluding hydrogens is 459 g/mol. The molecule has 1 saturated heterocycles. The topological polar surface area (TPSA) is 15.3 Å². The lowest BCUT2D eigenvalue weighted by Gasteiger charge is -2.19. The molecule has 1 unspecified atom stereocenters. The van der Waals surface area contributed by atoms with Crippen molar-refractivity contribution in [1.29, 1.82) is 0 Å². The smallest absolute Gasteiger partial charge is 0.377 e. The first-order valence-electron chi connectivity index (χ1n) is 11.7. The van der Waals surface area contributed by atoms with Crippen molar-refractivity contribution in [2.24, 2.45) is 0 Å². The van der Waals surface area contributed by atoms with Crippen molar-refractivity contribution in [2.45, 2.75) is 65.7 Å². The van der Waals surface area contributed by atoms with E-state index in [0.717, 1.165) is 36.4 Å². The Bertz CT molecular complexity index is 890. The summed E-state index contributed by atoms with van der Waals surface area (Å²) in [5.74, 6) is -0.967. The summed E-state index contributed by atoms with van der Waals surface area (Å²) in [5.41, 5.74) is 0.982. The van der Waals surface area contributed by atoms with Crippen molar-refractivity contribution in [3.8, 4) is 12.8 Å². The third-order valence-corrected chi connectivity index (χ3v) is 5.19. The van der Waals surface area contributed by atoms with Crippen LogP contribution in [0.15, 0.2) is 71.2 Å². The summed E-state index contributed by atoms with van der Waals surface area (Å²) in [6, 6.07) is 6.18. The number of benzene rings is 1. The number of rotatable bonds is 8. The quantitative estimate of drug-likeness (QED) is 0.224. The van der Waals surface area contributed by atoms with Crippen LogP contribution < -0.4 is 5.32 Å². The van der Waals surface area contributed by atoms with Gasteiger partial charge in [0.2, 0.25) is 0 Å². The lowest BCUT2D eigenvalue weighted by atomic mass is 10.0. The lowest BCUT2D eigenvalue weighted by Crippen LogP contribution is -2.29. The van der Waals surface area contributed by atoms with E-state index in [4.69, 9.17) is 0 Å². The first-order chi connectivity index (χ1) is 16.7. The molecule has 194 valence electrons. The molecular formula is C28H37F5N2. The Hall–Kier alpha value is -2.85. The molecule has 2 rings (SSSR count). The van der Waals surface area contributed by atoms with E-state index in [1.807, 2.05) is 25.8 Å². The SMILES string of the molecule is C#C.CC.C\C=C(F)/C(=C\C(=C\CC)C(F)(F)F)C/C=C1/C(NCc2ccc(F)cc2)CCN1C. The molecule has 2 nitrogen and oxygen atoms in total. The van der Waals surface area contributed by atoms with E-state index in [0.29, 0.717) is 6.54 Å². The largest absolute Gasteiger partial charge is 0.416 e. The van der Waals surface area contributed by atoms with Gasteiger partial charge in [-0.2, -0.15) is 13.2 Å². The highest BCUT2D eigenvalue weighted by atomic mass is 19.4. The van der Waals surface area contributed by atoms with Gasteiger partial charge in [-0.05, 0) is 55.5 Å². The molecule has 1 aromatic rings. The van der Waals surface area contributed by atoms with Gasteiger partial charge in [0.15, 0.2) is 0 Å². The van der Waals surface area contributed by atoms with Gasteiger partial charge in [0.25, 0.3) is 0 Å². The van der Waals surface area contributed by atoms with Crippen molar-refractivity contribution in [2.75, 3.05) is 13.6 Å². The van der Waals surface area contributed by atoms with Crippen LogP contribution in [-0.4, -0.2) is 30.7 Å². The molecule has 1 aliphatic heterocycles. The Balaban J connectivity index is 0.00000274. The number of hydrogen-bond donors (Lipinski definition) is 1. The predicted octanol–water partition coefficient (Wildman–Crippen LogP) is 7.87. The van der Waals surface area contributed by atoms with Crippen molar-refractivity contribution < 1.29 is 22.0 Å². The summed E-state index contributed by atoms with van der Waals surface area (Å²) in [5, 5.41) is 3.40. The molecule has 1 aromatic carbocycles. The normalized spacial score (nSPS) is 18.1. The molecule has 0 radical (unpaired) electrons. The molecule has 7 heteroatoms. The molecule has 0 saturated carbocycles. The van der Waals surface area contributed by atoms with E-state index in [1.165, 1.54) is 25.1 Å². The van der Waals surface area contributed by atoms with Crippen LogP contribution in [0.25, 0.3) is 0 Å². The average Bonchev–Trinajstić information content (AvgIpc) is 3.21. The summed E-state index contributed by atoms with van der Waals surface area (Å²) in [4.78, 5) is 2.01. The number of hydrogen-bond acceptors (Lipinski definition) is 2. The molecule has 0 aromatic heterocycles. The maximum absolute atomic E-state index is 14.4. The van der Waals surface area contributed by atoms with Crippen LogP contribution >= 0.6 is 0 Å². The summed E-state index contributed by atoms with van der Waals surface area (Å²) in [6.45, 7) is 8.38. The van der Waals surface area contributed by atoms with Crippen LogP contribution in [0.3, 0.4) is 0 Å². The second kappa shape index (κ2) is 16.7. The minimum atomic E-state index is -4.54. The number of likely N-dealkylation sites (N-methyl/N-ethyl adjacent to an activating group) is 1. The molecule has 0 aliphatic carbocycles. The summed E-state index contributed by atoms with van der Waals surface area (Å²) in [7, 11) is 1.90. The van der Waals surface area contributed by atoms with Gasteiger partial charge < -0.3 is 10.2 Å². The van der Waals surface area contributed by atoms with Gasteiger partial charge in [-0.15, -0.1) is 12.8 Å². The maximum atomic E-state index is 14.4. The van der Waals surface area contributed by atoms with E-state index in [2.05, 4.69) is 18.2 Å². The van der Waals surface area contributed by atoms with Gasteiger partial charge in [0.05, 0.1) is 5.57 Å². The van der Waals surface area contributed by atoms with Crippen LogP contribution in [0, 0.1) is 18.7 Å². The van der Waals surface area contributed by atoms with Crippen LogP contribution in [-0.2, 0) is 6.54 Å². The summed E-state index contributed by atoms with van der Waals surface area (Å²) >= 11 is 0. The summed E-state index contributed by atoms with van der Waals surface area (Å²) in [6.07, 6.45) is 9.44. The van der Waals surface area contributed by atoms with E-state index >= 15 is 0 Å². The molecule has 35 heavy (non-hydrogen) atoms. The Labute approximate surface area is 207 Å². The van der Waals surface area contributed by atoms with E-state index in [-0.39, 0.29) is 30.3 Å². The van der Waals surface area contributed by atoms with Gasteiger partial charge in [-0.1, -0.05) is 51.1 Å². The first-order valence-corrected chi connectivity index (χ1v) is 11.7. The minimum Gasteiger partial charge on any atom is -0.377 e. The zero-order chi connectivity index (χ0) is 27.0. The fourth-order valence-corrected chi connectivity index (χ4v) is 3.50. The number of likely N-dealkylation sites (tertiary alicyclic amines) is 1. The van der Waals surface area contributed by atoms with Crippen molar-refractivity contribution in [3.63, 3.8) is 0 Å². The maximum Gasteiger partial charge on any atom is 0.416 e. The van der Waals surface area contributed by atoms with Crippen molar-refractivity contribution >= 4 is 0 Å². The van der Waals surface area contributed by atoms with Crippen LogP contribution in [0.4, 0.5) is 22.0 Å². The number of alkyl halides is 3. The molecule has 1 N–H and O–H groups in total. The van der Waals surface area contributed by atoms with Gasteiger partial charge >= 0.3 is 6.18 Å². The second-order valence-electron chi connectivity index (χ2n) is 7.47. The Kier molecular flexibility index (Phi) is 15.4. The van der Waals surface area contributed by atoms with Crippen LogP contribution in [0.2, 0.25) is 0 Å². The van der Waals surface area contributed by atoms with Gasteiger partial charge in [0.1, 0.15) is 11.6 Å². The fourth-order valence-electron chi connectivity index (χ4n) is 3.50. The van der Waals surface area contributed by atoms with E-state index < -0.39 is 17.6 Å². The average molecular weight is 497 g/mol. The van der Waals surface area contributed by atoms with Gasteiger partial charge in [-0.3, -0.25) is 0 Å². The highest BCUT2D eigenvalue weighted by Gasteiger charge is 2.32. The zero-order valence-electron chi connectivity index (χ0n) is 21.2. The number of nitrogens with one attached hydrogen (secondary N) is 1. The first kappa shape index (κ1) is 32.1. The zero-order valence-corrected chi connectivity index (χ0v) is 21.2. The number of nitrogens with zero attached hydrogens (tertiary/aromatic N) is 1. The Morgan fingerprint density at radius 3 is 2.29 bits per heavy atom. The van der Waals surface area contributed by atoms with Crippen molar-refractivity contribution in [1.82, 2.24) is 10.2 Å². The minimum absolute atomic E-state index is 0.00962. The van der Waals surface area contributed by atoms with E-state index in [1.54, 1.807) is 25.1 Å². The molecule has 1 aliphatic rings. The number of halogens is 5. The monoisotopic (exact) mass is 496 g/mol. The van der Waals surface area contributed by atoms with Crippen molar-refractivity contribution in [3.05, 3.63) is 82.6 Å². The van der Waals surface area contributed by atoms with E-state index in [9.17, 15) is 22.0 Å². The Morgan fingerprint density at radius 1 is 1.17 bits per heavy atom. The predicted molar refractivity (Wildman–Crippen MR) is 136 cm³/mol. The molecule has 1 heterocycles. The second-order valence-corrected chi connectivity index (χ2v) is 7.47. The van der Waals surface area contributed by atoms with Crippen LogP contribution in [0.1, 0.15) is 52.5 Å². The molecule has 0 amide bonds. The van der Waals surface area contributed by atoms with Crippen LogP contribution in [0.5, 0.6) is 0 Å². The van der Waals surface area contributed by atoms with Gasteiger partial charge in [0, 0.05) is 31.9 Å². The third kappa shape index (κ3) is 11.0. The fraction of sp³-hybridized carbons (Fsp3) is 0.429. The highest BCUT2D eigenvalue weighted by Crippen LogP contribution is 2.31. The third-order valence-electron chi connectivity index (χ3n) is 5.19. The Morgan fingerprint density at radius 2 is 1.77 bits per heavy atom. The number of allylic oxidation sites excluding steroid dienone is 7. The summed E-state index contributed by atoms with van der Waals surface area (Å²) < 4.78 is 67.3. The van der Waals surface area contributed by atoms with Gasteiger partial charge in [-0.25, -0.2) is 8.78 Å².